The summed E-state index contributed by atoms with van der Waals surface area (Å²) in [5.74, 6) is 1.58. The number of aromatic nitrogens is 1. The number of hydrogen-bond donors (Lipinski definition) is 0. The second kappa shape index (κ2) is 9.85. The van der Waals surface area contributed by atoms with E-state index in [4.69, 9.17) is 4.74 Å². The zero-order valence-electron chi connectivity index (χ0n) is 16.6. The van der Waals surface area contributed by atoms with Crippen molar-refractivity contribution in [3.63, 3.8) is 0 Å². The number of benzene rings is 2. The molecule has 156 valence electrons. The summed E-state index contributed by atoms with van der Waals surface area (Å²) in [6, 6.07) is 15.3. The van der Waals surface area contributed by atoms with Crippen LogP contribution in [0.15, 0.2) is 48.5 Å². The van der Waals surface area contributed by atoms with Gasteiger partial charge in [0.2, 0.25) is 0 Å². The van der Waals surface area contributed by atoms with Crippen molar-refractivity contribution in [3.05, 3.63) is 59.7 Å². The lowest BCUT2D eigenvalue weighted by Gasteiger charge is -2.21. The van der Waals surface area contributed by atoms with Gasteiger partial charge in [0.15, 0.2) is 11.7 Å². The molecule has 3 aromatic rings. The van der Waals surface area contributed by atoms with Crippen LogP contribution >= 0.6 is 34.9 Å². The molecule has 0 radical (unpaired) electrons. The molecule has 5 nitrogen and oxygen atoms in total. The number of amides is 1. The Morgan fingerprint density at radius 2 is 1.83 bits per heavy atom. The number of esters is 1. The average Bonchev–Trinajstić information content (AvgIpc) is 3.22. The summed E-state index contributed by atoms with van der Waals surface area (Å²) in [5, 5.41) is 0.617. The lowest BCUT2D eigenvalue weighted by molar-refractivity contribution is -0.121. The Hall–Kier alpha value is -2.03. The molecule has 0 spiro atoms. The number of anilines is 1. The van der Waals surface area contributed by atoms with Crippen LogP contribution in [0.3, 0.4) is 0 Å². The molecule has 4 rings (SSSR count). The highest BCUT2D eigenvalue weighted by Gasteiger charge is 2.21. The third kappa shape index (κ3) is 4.82. The molecule has 1 fully saturated rings. The van der Waals surface area contributed by atoms with Gasteiger partial charge in [-0.1, -0.05) is 35.6 Å². The zero-order valence-corrected chi connectivity index (χ0v) is 19.0. The van der Waals surface area contributed by atoms with Crippen LogP contribution in [-0.4, -0.2) is 41.5 Å². The van der Waals surface area contributed by atoms with Crippen molar-refractivity contribution in [2.45, 2.75) is 17.9 Å². The van der Waals surface area contributed by atoms with Crippen LogP contribution in [0.25, 0.3) is 10.2 Å². The summed E-state index contributed by atoms with van der Waals surface area (Å²) in [6.07, 6.45) is 1.25. The van der Waals surface area contributed by atoms with E-state index < -0.39 is 5.97 Å². The van der Waals surface area contributed by atoms with Crippen LogP contribution in [0, 0.1) is 0 Å². The van der Waals surface area contributed by atoms with Crippen LogP contribution in [-0.2, 0) is 9.53 Å². The second-order valence-corrected chi connectivity index (χ2v) is 10.5. The summed E-state index contributed by atoms with van der Waals surface area (Å²) in [7, 11) is 0. The number of nitrogens with zero attached hydrogens (tertiary/aromatic N) is 2. The van der Waals surface area contributed by atoms with Gasteiger partial charge in [-0.2, -0.15) is 0 Å². The lowest BCUT2D eigenvalue weighted by Crippen LogP contribution is -2.34. The number of fused-ring (bicyclic) bond motifs is 1. The Morgan fingerprint density at radius 1 is 1.10 bits per heavy atom. The monoisotopic (exact) mass is 458 g/mol. The number of hydrogen-bond acceptors (Lipinski definition) is 7. The topological polar surface area (TPSA) is 59.5 Å². The van der Waals surface area contributed by atoms with Gasteiger partial charge in [-0.15, -0.1) is 23.5 Å². The number of thiazole rings is 1. The lowest BCUT2D eigenvalue weighted by atomic mass is 10.1. The first kappa shape index (κ1) is 21.2. The molecule has 2 heterocycles. The van der Waals surface area contributed by atoms with E-state index in [9.17, 15) is 9.59 Å². The SMILES string of the molecule is CCN(C(=O)COC(=O)c1ccc(C2SCCCS2)cc1)c1nc2ccccc2s1. The summed E-state index contributed by atoms with van der Waals surface area (Å²) < 4.78 is 6.74. The average molecular weight is 459 g/mol. The van der Waals surface area contributed by atoms with E-state index in [-0.39, 0.29) is 12.5 Å². The smallest absolute Gasteiger partial charge is 0.338 e. The molecule has 0 N–H and O–H groups in total. The Bertz CT molecular complexity index is 997. The predicted molar refractivity (Wildman–Crippen MR) is 127 cm³/mol. The molecule has 2 aromatic carbocycles. The number of carbonyl (C=O) groups is 2. The van der Waals surface area contributed by atoms with Crippen LogP contribution in [0.5, 0.6) is 0 Å². The van der Waals surface area contributed by atoms with E-state index >= 15 is 0 Å². The minimum absolute atomic E-state index is 0.281. The fourth-order valence-corrected chi connectivity index (χ4v) is 7.08. The van der Waals surface area contributed by atoms with Crippen molar-refractivity contribution < 1.29 is 14.3 Å². The highest BCUT2D eigenvalue weighted by atomic mass is 32.2. The van der Waals surface area contributed by atoms with Crippen molar-refractivity contribution in [2.75, 3.05) is 29.6 Å². The van der Waals surface area contributed by atoms with E-state index in [1.807, 2.05) is 66.8 Å². The minimum atomic E-state index is -0.487. The van der Waals surface area contributed by atoms with E-state index in [1.165, 1.54) is 34.8 Å². The number of carbonyl (C=O) groups excluding carboxylic acids is 2. The van der Waals surface area contributed by atoms with Gasteiger partial charge in [0.05, 0.1) is 20.4 Å². The molecule has 0 aliphatic carbocycles. The third-order valence-electron chi connectivity index (χ3n) is 4.70. The van der Waals surface area contributed by atoms with Crippen molar-refractivity contribution in [1.82, 2.24) is 4.98 Å². The van der Waals surface area contributed by atoms with Crippen LogP contribution in [0.4, 0.5) is 5.13 Å². The largest absolute Gasteiger partial charge is 0.452 e. The first-order chi connectivity index (χ1) is 14.7. The van der Waals surface area contributed by atoms with E-state index in [0.29, 0.717) is 21.8 Å². The van der Waals surface area contributed by atoms with E-state index in [1.54, 1.807) is 17.0 Å². The van der Waals surface area contributed by atoms with Gasteiger partial charge in [0, 0.05) is 6.54 Å². The number of thioether (sulfide) groups is 2. The van der Waals surface area contributed by atoms with Crippen molar-refractivity contribution in [1.29, 1.82) is 0 Å². The molecular weight excluding hydrogens is 436 g/mol. The first-order valence-corrected chi connectivity index (χ1v) is 12.7. The van der Waals surface area contributed by atoms with Crippen molar-refractivity contribution in [3.8, 4) is 0 Å². The van der Waals surface area contributed by atoms with Crippen LogP contribution < -0.4 is 4.90 Å². The predicted octanol–water partition coefficient (Wildman–Crippen LogP) is 5.37. The normalized spacial score (nSPS) is 14.6. The molecule has 0 atom stereocenters. The number of para-hydroxylation sites is 1. The fraction of sp³-hybridized carbons (Fsp3) is 0.318. The third-order valence-corrected chi connectivity index (χ3v) is 8.78. The molecule has 30 heavy (non-hydrogen) atoms. The molecule has 1 aliphatic rings. The summed E-state index contributed by atoms with van der Waals surface area (Å²) in [4.78, 5) is 31.1. The maximum absolute atomic E-state index is 12.7. The molecule has 8 heteroatoms. The number of likely N-dealkylation sites (N-methyl/N-ethyl adjacent to an activating group) is 1. The summed E-state index contributed by atoms with van der Waals surface area (Å²) >= 11 is 5.34. The quantitative estimate of drug-likeness (QED) is 0.463. The van der Waals surface area contributed by atoms with Gasteiger partial charge in [0.25, 0.3) is 5.91 Å². The molecule has 1 aliphatic heterocycles. The first-order valence-electron chi connectivity index (χ1n) is 9.82. The minimum Gasteiger partial charge on any atom is -0.452 e. The fourth-order valence-electron chi connectivity index (χ4n) is 3.14. The Morgan fingerprint density at radius 3 is 2.53 bits per heavy atom. The standard InChI is InChI=1S/C22H22N2O3S3/c1-2-24(22-23-17-6-3-4-7-18(17)30-22)19(25)14-27-20(26)15-8-10-16(11-9-15)21-28-12-5-13-29-21/h3-4,6-11,21H,2,5,12-14H2,1H3. The van der Waals surface area contributed by atoms with Gasteiger partial charge in [-0.05, 0) is 54.7 Å². The zero-order chi connectivity index (χ0) is 20.9. The Labute approximate surface area is 188 Å². The molecule has 0 saturated carbocycles. The number of rotatable bonds is 6. The second-order valence-electron chi connectivity index (χ2n) is 6.73. The molecule has 1 amide bonds. The van der Waals surface area contributed by atoms with E-state index in [2.05, 4.69) is 4.98 Å². The molecule has 1 saturated heterocycles. The molecule has 0 unspecified atom stereocenters. The van der Waals surface area contributed by atoms with Gasteiger partial charge < -0.3 is 4.74 Å². The van der Waals surface area contributed by atoms with E-state index in [0.717, 1.165) is 10.2 Å². The highest BCUT2D eigenvalue weighted by molar-refractivity contribution is 8.16. The number of ether oxygens (including phenoxy) is 1. The molecule has 1 aromatic heterocycles. The van der Waals surface area contributed by atoms with Crippen molar-refractivity contribution >= 4 is 62.1 Å². The Balaban J connectivity index is 1.36. The maximum atomic E-state index is 12.7. The van der Waals surface area contributed by atoms with Crippen LogP contribution in [0.1, 0.15) is 33.8 Å². The summed E-state index contributed by atoms with van der Waals surface area (Å²) in [6.45, 7) is 2.03. The van der Waals surface area contributed by atoms with Gasteiger partial charge in [0.1, 0.15) is 0 Å². The summed E-state index contributed by atoms with van der Waals surface area (Å²) in [5.41, 5.74) is 2.53. The van der Waals surface area contributed by atoms with Gasteiger partial charge in [-0.25, -0.2) is 9.78 Å². The van der Waals surface area contributed by atoms with Crippen LogP contribution in [0.2, 0.25) is 0 Å². The van der Waals surface area contributed by atoms with Crippen molar-refractivity contribution in [2.24, 2.45) is 0 Å². The Kier molecular flexibility index (Phi) is 6.97. The maximum Gasteiger partial charge on any atom is 0.338 e. The highest BCUT2D eigenvalue weighted by Crippen LogP contribution is 2.43. The van der Waals surface area contributed by atoms with Gasteiger partial charge >= 0.3 is 5.97 Å². The van der Waals surface area contributed by atoms with Gasteiger partial charge in [-0.3, -0.25) is 9.69 Å². The molecular formula is C22H22N2O3S3. The molecule has 0 bridgehead atoms.